The molecule has 0 atom stereocenters. The summed E-state index contributed by atoms with van der Waals surface area (Å²) in [5.41, 5.74) is 0.242. The van der Waals surface area contributed by atoms with Gasteiger partial charge >= 0.3 is 0 Å². The SMILES string of the molecule is CNc1ccnc(CC(C)(C)C)n1. The number of anilines is 1. The quantitative estimate of drug-likeness (QED) is 0.755. The van der Waals surface area contributed by atoms with Crippen LogP contribution in [0.3, 0.4) is 0 Å². The first kappa shape index (κ1) is 9.96. The van der Waals surface area contributed by atoms with Crippen molar-refractivity contribution < 1.29 is 0 Å². The summed E-state index contributed by atoms with van der Waals surface area (Å²) < 4.78 is 0. The molecule has 0 saturated heterocycles. The van der Waals surface area contributed by atoms with Crippen LogP contribution in [0.15, 0.2) is 12.3 Å². The summed E-state index contributed by atoms with van der Waals surface area (Å²) >= 11 is 0. The highest BCUT2D eigenvalue weighted by Gasteiger charge is 2.13. The largest absolute Gasteiger partial charge is 0.373 e. The molecule has 1 aromatic heterocycles. The minimum Gasteiger partial charge on any atom is -0.373 e. The fourth-order valence-electron chi connectivity index (χ4n) is 1.10. The van der Waals surface area contributed by atoms with Gasteiger partial charge in [-0.15, -0.1) is 0 Å². The third-order valence-corrected chi connectivity index (χ3v) is 1.65. The first-order valence-corrected chi connectivity index (χ1v) is 4.51. The van der Waals surface area contributed by atoms with Crippen LogP contribution in [0, 0.1) is 5.41 Å². The Labute approximate surface area is 79.6 Å². The van der Waals surface area contributed by atoms with Crippen LogP contribution in [0.25, 0.3) is 0 Å². The van der Waals surface area contributed by atoms with Crippen LogP contribution in [0.2, 0.25) is 0 Å². The van der Waals surface area contributed by atoms with E-state index in [1.54, 1.807) is 6.20 Å². The topological polar surface area (TPSA) is 37.8 Å². The van der Waals surface area contributed by atoms with E-state index in [2.05, 4.69) is 36.1 Å². The van der Waals surface area contributed by atoms with Crippen molar-refractivity contribution in [2.45, 2.75) is 27.2 Å². The molecule has 1 N–H and O–H groups in total. The summed E-state index contributed by atoms with van der Waals surface area (Å²) in [4.78, 5) is 8.58. The summed E-state index contributed by atoms with van der Waals surface area (Å²) in [6, 6.07) is 1.87. The number of aromatic nitrogens is 2. The van der Waals surface area contributed by atoms with Crippen LogP contribution in [-0.2, 0) is 6.42 Å². The molecule has 0 saturated carbocycles. The number of hydrogen-bond acceptors (Lipinski definition) is 3. The van der Waals surface area contributed by atoms with E-state index in [0.29, 0.717) is 0 Å². The molecule has 0 fully saturated rings. The molecule has 3 heteroatoms. The Morgan fingerprint density at radius 2 is 2.08 bits per heavy atom. The Balaban J connectivity index is 2.78. The van der Waals surface area contributed by atoms with Gasteiger partial charge < -0.3 is 5.32 Å². The van der Waals surface area contributed by atoms with Crippen molar-refractivity contribution >= 4 is 5.82 Å². The zero-order valence-corrected chi connectivity index (χ0v) is 8.76. The highest BCUT2D eigenvalue weighted by Crippen LogP contribution is 2.18. The molecule has 1 rings (SSSR count). The third-order valence-electron chi connectivity index (χ3n) is 1.65. The Morgan fingerprint density at radius 3 is 2.62 bits per heavy atom. The molecule has 0 amide bonds. The molecule has 3 nitrogen and oxygen atoms in total. The minimum absolute atomic E-state index is 0.242. The van der Waals surface area contributed by atoms with Gasteiger partial charge in [-0.05, 0) is 11.5 Å². The summed E-state index contributed by atoms with van der Waals surface area (Å²) in [6.45, 7) is 6.55. The molecule has 0 spiro atoms. The molecule has 1 aromatic rings. The molecule has 0 aromatic carbocycles. The van der Waals surface area contributed by atoms with Crippen LogP contribution in [0.1, 0.15) is 26.6 Å². The second kappa shape index (κ2) is 3.73. The van der Waals surface area contributed by atoms with E-state index in [1.807, 2.05) is 13.1 Å². The zero-order chi connectivity index (χ0) is 9.90. The molecular formula is C10H17N3. The highest BCUT2D eigenvalue weighted by molar-refractivity contribution is 5.31. The van der Waals surface area contributed by atoms with E-state index in [0.717, 1.165) is 18.1 Å². The van der Waals surface area contributed by atoms with Gasteiger partial charge in [0.05, 0.1) is 0 Å². The molecule has 0 bridgehead atoms. The van der Waals surface area contributed by atoms with Crippen molar-refractivity contribution in [1.82, 2.24) is 9.97 Å². The third kappa shape index (κ3) is 3.40. The average Bonchev–Trinajstić information content (AvgIpc) is 2.01. The maximum Gasteiger partial charge on any atom is 0.131 e. The first-order valence-electron chi connectivity index (χ1n) is 4.51. The highest BCUT2D eigenvalue weighted by atomic mass is 15.0. The molecule has 0 unspecified atom stereocenters. The van der Waals surface area contributed by atoms with Crippen molar-refractivity contribution in [1.29, 1.82) is 0 Å². The van der Waals surface area contributed by atoms with Crippen molar-refractivity contribution in [2.75, 3.05) is 12.4 Å². The van der Waals surface area contributed by atoms with Gasteiger partial charge in [0.1, 0.15) is 11.6 Å². The Hall–Kier alpha value is -1.12. The van der Waals surface area contributed by atoms with Crippen molar-refractivity contribution in [2.24, 2.45) is 5.41 Å². The Kier molecular flexibility index (Phi) is 2.86. The molecule has 0 aliphatic rings. The number of rotatable bonds is 2. The zero-order valence-electron chi connectivity index (χ0n) is 8.76. The van der Waals surface area contributed by atoms with E-state index in [9.17, 15) is 0 Å². The average molecular weight is 179 g/mol. The van der Waals surface area contributed by atoms with Crippen molar-refractivity contribution in [3.8, 4) is 0 Å². The van der Waals surface area contributed by atoms with Crippen LogP contribution in [-0.4, -0.2) is 17.0 Å². The van der Waals surface area contributed by atoms with E-state index in [4.69, 9.17) is 0 Å². The van der Waals surface area contributed by atoms with Crippen LogP contribution >= 0.6 is 0 Å². The minimum atomic E-state index is 0.242. The maximum atomic E-state index is 4.35. The van der Waals surface area contributed by atoms with Gasteiger partial charge in [-0.25, -0.2) is 9.97 Å². The molecule has 0 aliphatic carbocycles. The van der Waals surface area contributed by atoms with E-state index < -0.39 is 0 Å². The fraction of sp³-hybridized carbons (Fsp3) is 0.600. The second-order valence-electron chi connectivity index (χ2n) is 4.35. The van der Waals surface area contributed by atoms with Gasteiger partial charge in [0.2, 0.25) is 0 Å². The lowest BCUT2D eigenvalue weighted by Crippen LogP contribution is -2.12. The van der Waals surface area contributed by atoms with E-state index >= 15 is 0 Å². The molecule has 0 radical (unpaired) electrons. The van der Waals surface area contributed by atoms with Crippen molar-refractivity contribution in [3.05, 3.63) is 18.1 Å². The fourth-order valence-corrected chi connectivity index (χ4v) is 1.10. The maximum absolute atomic E-state index is 4.35. The standard InChI is InChI=1S/C10H17N3/c1-10(2,3)7-9-12-6-5-8(11-4)13-9/h5-6H,7H2,1-4H3,(H,11,12,13). The van der Waals surface area contributed by atoms with Crippen LogP contribution in [0.4, 0.5) is 5.82 Å². The normalized spacial score (nSPS) is 11.4. The van der Waals surface area contributed by atoms with E-state index in [1.165, 1.54) is 0 Å². The van der Waals surface area contributed by atoms with Crippen LogP contribution < -0.4 is 5.32 Å². The molecule has 0 aliphatic heterocycles. The van der Waals surface area contributed by atoms with Gasteiger partial charge in [0.15, 0.2) is 0 Å². The number of hydrogen-bond donors (Lipinski definition) is 1. The molecule has 1 heterocycles. The van der Waals surface area contributed by atoms with Crippen molar-refractivity contribution in [3.63, 3.8) is 0 Å². The predicted molar refractivity (Wildman–Crippen MR) is 54.7 cm³/mol. The summed E-state index contributed by atoms with van der Waals surface area (Å²) in [5, 5.41) is 3.00. The molecule has 72 valence electrons. The van der Waals surface area contributed by atoms with E-state index in [-0.39, 0.29) is 5.41 Å². The first-order chi connectivity index (χ1) is 6.01. The lowest BCUT2D eigenvalue weighted by atomic mass is 9.92. The smallest absolute Gasteiger partial charge is 0.131 e. The Bertz CT molecular complexity index is 276. The Morgan fingerprint density at radius 1 is 1.38 bits per heavy atom. The van der Waals surface area contributed by atoms with Gasteiger partial charge in [0.25, 0.3) is 0 Å². The van der Waals surface area contributed by atoms with Gasteiger partial charge in [-0.1, -0.05) is 20.8 Å². The van der Waals surface area contributed by atoms with Gasteiger partial charge in [0, 0.05) is 19.7 Å². The predicted octanol–water partition coefficient (Wildman–Crippen LogP) is 2.11. The van der Waals surface area contributed by atoms with Crippen LogP contribution in [0.5, 0.6) is 0 Å². The summed E-state index contributed by atoms with van der Waals surface area (Å²) in [7, 11) is 1.86. The van der Waals surface area contributed by atoms with Gasteiger partial charge in [-0.2, -0.15) is 0 Å². The number of nitrogens with one attached hydrogen (secondary N) is 1. The van der Waals surface area contributed by atoms with Gasteiger partial charge in [-0.3, -0.25) is 0 Å². The summed E-state index contributed by atoms with van der Waals surface area (Å²) in [5.74, 6) is 1.79. The lowest BCUT2D eigenvalue weighted by Gasteiger charge is -2.16. The monoisotopic (exact) mass is 179 g/mol. The summed E-state index contributed by atoms with van der Waals surface area (Å²) in [6.07, 6.45) is 2.70. The molecule has 13 heavy (non-hydrogen) atoms. The number of nitrogens with zero attached hydrogens (tertiary/aromatic N) is 2. The lowest BCUT2D eigenvalue weighted by molar-refractivity contribution is 0.401. The molecular weight excluding hydrogens is 162 g/mol. The second-order valence-corrected chi connectivity index (χ2v) is 4.35.